The highest BCUT2D eigenvalue weighted by Gasteiger charge is 2.47. The fraction of sp³-hybridized carbons (Fsp3) is 0.474. The van der Waals surface area contributed by atoms with Crippen LogP contribution in [-0.2, 0) is 14.4 Å². The van der Waals surface area contributed by atoms with Crippen molar-refractivity contribution in [1.82, 2.24) is 9.88 Å². The molecule has 0 unspecified atom stereocenters. The van der Waals surface area contributed by atoms with E-state index in [1.807, 2.05) is 24.4 Å². The number of furan rings is 1. The lowest BCUT2D eigenvalue weighted by atomic mass is 9.81. The average molecular weight is 387 g/mol. The first-order valence-corrected chi connectivity index (χ1v) is 10.1. The van der Waals surface area contributed by atoms with Crippen LogP contribution in [0.15, 0.2) is 21.9 Å². The van der Waals surface area contributed by atoms with Gasteiger partial charge in [0, 0.05) is 18.3 Å². The molecular weight excluding hydrogens is 366 g/mol. The summed E-state index contributed by atoms with van der Waals surface area (Å²) in [5.41, 5.74) is 0.664. The Morgan fingerprint density at radius 2 is 1.96 bits per heavy atom. The Hall–Kier alpha value is -2.48. The van der Waals surface area contributed by atoms with Crippen LogP contribution in [0.1, 0.15) is 37.9 Å². The molecule has 1 N–H and O–H groups in total. The normalized spacial score (nSPS) is 22.2. The molecule has 4 rings (SSSR count). The summed E-state index contributed by atoms with van der Waals surface area (Å²) >= 11 is 1.31. The fourth-order valence-corrected chi connectivity index (χ4v) is 4.58. The molecule has 3 heterocycles. The van der Waals surface area contributed by atoms with Crippen molar-refractivity contribution in [1.29, 1.82) is 0 Å². The van der Waals surface area contributed by atoms with Gasteiger partial charge in [-0.2, -0.15) is 0 Å². The van der Waals surface area contributed by atoms with Gasteiger partial charge in [0.15, 0.2) is 10.9 Å². The molecule has 7 nitrogen and oxygen atoms in total. The number of aromatic nitrogens is 1. The van der Waals surface area contributed by atoms with Gasteiger partial charge >= 0.3 is 0 Å². The second-order valence-corrected chi connectivity index (χ2v) is 7.93. The maximum atomic E-state index is 12.4. The van der Waals surface area contributed by atoms with Gasteiger partial charge in [-0.05, 0) is 31.9 Å². The molecule has 142 valence electrons. The van der Waals surface area contributed by atoms with E-state index < -0.39 is 0 Å². The molecule has 2 atom stereocenters. The standard InChI is InChI=1S/C19H21N3O4S/c1-11-6-7-15(26-11)14-10-27-19(20-14)21-16(23)8-9-22-17(24)12-4-2-3-5-13(12)18(22)25/h6-7,10,12-13H,2-5,8-9H2,1H3,(H,20,21,23)/t12-,13-/m0/s1. The summed E-state index contributed by atoms with van der Waals surface area (Å²) in [5, 5.41) is 5.01. The molecule has 2 aromatic rings. The molecule has 2 fully saturated rings. The molecule has 1 aliphatic heterocycles. The number of nitrogens with one attached hydrogen (secondary N) is 1. The van der Waals surface area contributed by atoms with E-state index in [-0.39, 0.29) is 42.5 Å². The highest BCUT2D eigenvalue weighted by molar-refractivity contribution is 7.14. The van der Waals surface area contributed by atoms with Crippen LogP contribution < -0.4 is 5.32 Å². The third-order valence-electron chi connectivity index (χ3n) is 5.24. The number of rotatable bonds is 5. The number of nitrogens with zero attached hydrogens (tertiary/aromatic N) is 2. The van der Waals surface area contributed by atoms with Crippen LogP contribution in [0.4, 0.5) is 5.13 Å². The van der Waals surface area contributed by atoms with Crippen molar-refractivity contribution < 1.29 is 18.8 Å². The van der Waals surface area contributed by atoms with Gasteiger partial charge in [-0.3, -0.25) is 19.3 Å². The van der Waals surface area contributed by atoms with Crippen LogP contribution in [-0.4, -0.2) is 34.2 Å². The minimum Gasteiger partial charge on any atom is -0.460 e. The number of hydrogen-bond donors (Lipinski definition) is 1. The molecule has 0 radical (unpaired) electrons. The van der Waals surface area contributed by atoms with E-state index in [2.05, 4.69) is 10.3 Å². The Labute approximate surface area is 160 Å². The van der Waals surface area contributed by atoms with Crippen molar-refractivity contribution in [2.75, 3.05) is 11.9 Å². The predicted octanol–water partition coefficient (Wildman–Crippen LogP) is 3.22. The number of hydrogen-bond acceptors (Lipinski definition) is 6. The minimum atomic E-state index is -0.262. The SMILES string of the molecule is Cc1ccc(-c2csc(NC(=O)CCN3C(=O)[C@H]4CCCC[C@@H]4C3=O)n2)o1. The second kappa shape index (κ2) is 7.26. The smallest absolute Gasteiger partial charge is 0.233 e. The third-order valence-corrected chi connectivity index (χ3v) is 6.00. The molecule has 0 bridgehead atoms. The topological polar surface area (TPSA) is 92.5 Å². The lowest BCUT2D eigenvalue weighted by Gasteiger charge is -2.19. The zero-order valence-corrected chi connectivity index (χ0v) is 15.9. The van der Waals surface area contributed by atoms with E-state index in [1.165, 1.54) is 16.2 Å². The summed E-state index contributed by atoms with van der Waals surface area (Å²) in [6.45, 7) is 1.99. The summed E-state index contributed by atoms with van der Waals surface area (Å²) in [5.74, 6) is 0.621. The quantitative estimate of drug-likeness (QED) is 0.795. The zero-order chi connectivity index (χ0) is 19.0. The fourth-order valence-electron chi connectivity index (χ4n) is 3.86. The molecule has 27 heavy (non-hydrogen) atoms. The van der Waals surface area contributed by atoms with Crippen LogP contribution in [0, 0.1) is 18.8 Å². The first kappa shape index (κ1) is 17.9. The molecule has 8 heteroatoms. The lowest BCUT2D eigenvalue weighted by Crippen LogP contribution is -2.34. The first-order valence-electron chi connectivity index (χ1n) is 9.20. The van der Waals surface area contributed by atoms with E-state index in [0.29, 0.717) is 16.6 Å². The Kier molecular flexibility index (Phi) is 4.82. The van der Waals surface area contributed by atoms with Gasteiger partial charge in [-0.25, -0.2) is 4.98 Å². The predicted molar refractivity (Wildman–Crippen MR) is 100.0 cm³/mol. The number of thiazole rings is 1. The van der Waals surface area contributed by atoms with Crippen LogP contribution in [0.5, 0.6) is 0 Å². The van der Waals surface area contributed by atoms with Gasteiger partial charge in [0.25, 0.3) is 0 Å². The van der Waals surface area contributed by atoms with Crippen molar-refractivity contribution in [3.05, 3.63) is 23.3 Å². The van der Waals surface area contributed by atoms with Crippen molar-refractivity contribution in [2.45, 2.75) is 39.0 Å². The van der Waals surface area contributed by atoms with Gasteiger partial charge in [0.1, 0.15) is 11.5 Å². The van der Waals surface area contributed by atoms with Crippen LogP contribution in [0.3, 0.4) is 0 Å². The highest BCUT2D eigenvalue weighted by Crippen LogP contribution is 2.38. The molecule has 2 aliphatic rings. The molecule has 0 aromatic carbocycles. The number of fused-ring (bicyclic) bond motifs is 1. The molecule has 1 aliphatic carbocycles. The summed E-state index contributed by atoms with van der Waals surface area (Å²) in [7, 11) is 0. The Morgan fingerprint density at radius 1 is 1.26 bits per heavy atom. The van der Waals surface area contributed by atoms with Crippen molar-refractivity contribution >= 4 is 34.2 Å². The number of anilines is 1. The third kappa shape index (κ3) is 3.53. The van der Waals surface area contributed by atoms with E-state index >= 15 is 0 Å². The summed E-state index contributed by atoms with van der Waals surface area (Å²) in [6.07, 6.45) is 3.63. The van der Waals surface area contributed by atoms with Crippen molar-refractivity contribution in [2.24, 2.45) is 11.8 Å². The zero-order valence-electron chi connectivity index (χ0n) is 15.1. The van der Waals surface area contributed by atoms with E-state index in [1.54, 1.807) is 0 Å². The number of amides is 3. The average Bonchev–Trinajstić information content (AvgIpc) is 3.35. The number of imide groups is 1. The minimum absolute atomic E-state index is 0.0751. The van der Waals surface area contributed by atoms with Crippen LogP contribution >= 0.6 is 11.3 Å². The molecule has 1 saturated carbocycles. The van der Waals surface area contributed by atoms with E-state index in [9.17, 15) is 14.4 Å². The summed E-state index contributed by atoms with van der Waals surface area (Å²) in [4.78, 5) is 42.7. The molecule has 3 amide bonds. The number of aryl methyl sites for hydroxylation is 1. The molecule has 1 saturated heterocycles. The maximum absolute atomic E-state index is 12.4. The molecule has 2 aromatic heterocycles. The van der Waals surface area contributed by atoms with Gasteiger partial charge < -0.3 is 9.73 Å². The Morgan fingerprint density at radius 3 is 2.59 bits per heavy atom. The Balaban J connectivity index is 1.33. The second-order valence-electron chi connectivity index (χ2n) is 7.07. The largest absolute Gasteiger partial charge is 0.460 e. The number of carbonyl (C=O) groups excluding carboxylic acids is 3. The van der Waals surface area contributed by atoms with Gasteiger partial charge in [-0.1, -0.05) is 12.8 Å². The maximum Gasteiger partial charge on any atom is 0.233 e. The number of carbonyl (C=O) groups is 3. The summed E-state index contributed by atoms with van der Waals surface area (Å²) < 4.78 is 5.52. The van der Waals surface area contributed by atoms with Crippen LogP contribution in [0.2, 0.25) is 0 Å². The molecular formula is C19H21N3O4S. The Bertz CT molecular complexity index is 863. The van der Waals surface area contributed by atoms with Crippen molar-refractivity contribution in [3.63, 3.8) is 0 Å². The summed E-state index contributed by atoms with van der Waals surface area (Å²) in [6, 6.07) is 3.69. The molecule has 0 spiro atoms. The van der Waals surface area contributed by atoms with Gasteiger partial charge in [0.05, 0.1) is 11.8 Å². The number of likely N-dealkylation sites (tertiary alicyclic amines) is 1. The van der Waals surface area contributed by atoms with Crippen LogP contribution in [0.25, 0.3) is 11.5 Å². The highest BCUT2D eigenvalue weighted by atomic mass is 32.1. The van der Waals surface area contributed by atoms with Crippen molar-refractivity contribution in [3.8, 4) is 11.5 Å². The van der Waals surface area contributed by atoms with E-state index in [4.69, 9.17) is 4.42 Å². The van der Waals surface area contributed by atoms with Gasteiger partial charge in [0.2, 0.25) is 17.7 Å². The van der Waals surface area contributed by atoms with Gasteiger partial charge in [-0.15, -0.1) is 11.3 Å². The monoisotopic (exact) mass is 387 g/mol. The lowest BCUT2D eigenvalue weighted by molar-refractivity contribution is -0.140. The first-order chi connectivity index (χ1) is 13.0. The van der Waals surface area contributed by atoms with E-state index in [0.717, 1.165) is 31.4 Å².